The zero-order valence-corrected chi connectivity index (χ0v) is 18.6. The van der Waals surface area contributed by atoms with Crippen LogP contribution in [0, 0.1) is 11.3 Å². The second kappa shape index (κ2) is 9.74. The first-order chi connectivity index (χ1) is 14.9. The molecule has 2 heterocycles. The number of aromatic nitrogens is 2. The molecule has 1 aromatic carbocycles. The number of carbonyl (C=O) groups is 1. The summed E-state index contributed by atoms with van der Waals surface area (Å²) in [5, 5.41) is 19.1. The van der Waals surface area contributed by atoms with Gasteiger partial charge >= 0.3 is 0 Å². The largest absolute Gasteiger partial charge is 0.489 e. The lowest BCUT2D eigenvalue weighted by Crippen LogP contribution is -2.10. The summed E-state index contributed by atoms with van der Waals surface area (Å²) < 4.78 is 5.96. The first kappa shape index (κ1) is 22.5. The Bertz CT molecular complexity index is 1100. The van der Waals surface area contributed by atoms with Gasteiger partial charge in [0, 0.05) is 28.4 Å². The maximum atomic E-state index is 8.36. The zero-order valence-electron chi connectivity index (χ0n) is 17.8. The van der Waals surface area contributed by atoms with E-state index in [-0.39, 0.29) is 12.6 Å². The Labute approximate surface area is 185 Å². The van der Waals surface area contributed by atoms with E-state index in [1.165, 1.54) is 23.1 Å². The standard InChI is InChI=1S/C21H25N5OS.CH2O2/c1-11(2)27-17-8-15(23)13(9-22)7-16(17)26-20-19-14-5-4-12(3)6-18(14)28-21(19)25-10-24-20;2-1-3/h7-12,22H,4-6,23H2,1-3H3,(H,24,25,26);1H,(H,2,3). The third-order valence-electron chi connectivity index (χ3n) is 5.05. The van der Waals surface area contributed by atoms with E-state index < -0.39 is 0 Å². The molecule has 0 bridgehead atoms. The van der Waals surface area contributed by atoms with E-state index >= 15 is 0 Å². The predicted molar refractivity (Wildman–Crippen MR) is 125 cm³/mol. The average Bonchev–Trinajstić information content (AvgIpc) is 3.08. The van der Waals surface area contributed by atoms with E-state index in [2.05, 4.69) is 22.2 Å². The highest BCUT2D eigenvalue weighted by molar-refractivity contribution is 7.19. The number of nitrogen functional groups attached to an aromatic ring is 1. The molecule has 31 heavy (non-hydrogen) atoms. The number of thiophene rings is 1. The van der Waals surface area contributed by atoms with Crippen LogP contribution in [-0.2, 0) is 17.6 Å². The van der Waals surface area contributed by atoms with Crippen molar-refractivity contribution in [1.29, 1.82) is 5.41 Å². The third kappa shape index (κ3) is 4.93. The minimum absolute atomic E-state index is 0.00611. The van der Waals surface area contributed by atoms with Gasteiger partial charge in [0.15, 0.2) is 0 Å². The van der Waals surface area contributed by atoms with Crippen molar-refractivity contribution in [3.63, 3.8) is 0 Å². The highest BCUT2D eigenvalue weighted by atomic mass is 32.1. The van der Waals surface area contributed by atoms with Crippen LogP contribution in [-0.4, -0.2) is 33.9 Å². The monoisotopic (exact) mass is 441 g/mol. The van der Waals surface area contributed by atoms with Crippen molar-refractivity contribution >= 4 is 51.4 Å². The van der Waals surface area contributed by atoms with Crippen molar-refractivity contribution in [2.24, 2.45) is 5.92 Å². The summed E-state index contributed by atoms with van der Waals surface area (Å²) in [4.78, 5) is 19.9. The smallest absolute Gasteiger partial charge is 0.290 e. The Morgan fingerprint density at radius 1 is 1.39 bits per heavy atom. The van der Waals surface area contributed by atoms with Crippen molar-refractivity contribution in [2.45, 2.75) is 46.1 Å². The van der Waals surface area contributed by atoms with Crippen LogP contribution >= 0.6 is 11.3 Å². The van der Waals surface area contributed by atoms with Gasteiger partial charge in [-0.3, -0.25) is 4.79 Å². The number of benzene rings is 1. The Kier molecular flexibility index (Phi) is 7.06. The Morgan fingerprint density at radius 2 is 2.13 bits per heavy atom. The summed E-state index contributed by atoms with van der Waals surface area (Å²) in [7, 11) is 0. The number of aryl methyl sites for hydroxylation is 1. The van der Waals surface area contributed by atoms with Crippen LogP contribution in [0.5, 0.6) is 5.75 Å². The molecule has 5 N–H and O–H groups in total. The lowest BCUT2D eigenvalue weighted by atomic mass is 9.89. The van der Waals surface area contributed by atoms with Gasteiger partial charge in [-0.15, -0.1) is 11.3 Å². The van der Waals surface area contributed by atoms with E-state index in [4.69, 9.17) is 25.8 Å². The van der Waals surface area contributed by atoms with Gasteiger partial charge in [-0.25, -0.2) is 9.97 Å². The molecule has 9 heteroatoms. The minimum Gasteiger partial charge on any atom is -0.489 e. The van der Waals surface area contributed by atoms with Gasteiger partial charge in [0.25, 0.3) is 6.47 Å². The zero-order chi connectivity index (χ0) is 22.5. The van der Waals surface area contributed by atoms with Gasteiger partial charge in [-0.2, -0.15) is 0 Å². The molecule has 0 saturated heterocycles. The summed E-state index contributed by atoms with van der Waals surface area (Å²) in [6, 6.07) is 3.61. The van der Waals surface area contributed by atoms with E-state index in [0.29, 0.717) is 22.9 Å². The first-order valence-corrected chi connectivity index (χ1v) is 10.9. The molecule has 0 saturated carbocycles. The fourth-order valence-corrected chi connectivity index (χ4v) is 5.03. The van der Waals surface area contributed by atoms with Gasteiger partial charge in [-0.1, -0.05) is 6.92 Å². The Hall–Kier alpha value is -3.20. The van der Waals surface area contributed by atoms with E-state index in [0.717, 1.165) is 34.6 Å². The minimum atomic E-state index is -0.250. The normalized spacial score (nSPS) is 15.0. The molecule has 0 radical (unpaired) electrons. The maximum Gasteiger partial charge on any atom is 0.290 e. The molecule has 1 aliphatic carbocycles. The first-order valence-electron chi connectivity index (χ1n) is 10.1. The van der Waals surface area contributed by atoms with Crippen molar-refractivity contribution in [1.82, 2.24) is 9.97 Å². The highest BCUT2D eigenvalue weighted by Gasteiger charge is 2.23. The van der Waals surface area contributed by atoms with Gasteiger partial charge in [0.2, 0.25) is 0 Å². The Morgan fingerprint density at radius 3 is 2.81 bits per heavy atom. The van der Waals surface area contributed by atoms with Crippen LogP contribution in [0.2, 0.25) is 0 Å². The highest BCUT2D eigenvalue weighted by Crippen LogP contribution is 2.41. The number of rotatable bonds is 5. The van der Waals surface area contributed by atoms with Gasteiger partial charge in [-0.05, 0) is 50.7 Å². The molecule has 1 aliphatic rings. The number of nitrogens with zero attached hydrogens (tertiary/aromatic N) is 2. The van der Waals surface area contributed by atoms with Crippen LogP contribution < -0.4 is 15.8 Å². The van der Waals surface area contributed by atoms with E-state index in [1.54, 1.807) is 23.7 Å². The molecule has 164 valence electrons. The van der Waals surface area contributed by atoms with Crippen LogP contribution in [0.3, 0.4) is 0 Å². The quantitative estimate of drug-likeness (QED) is 0.258. The SMILES string of the molecule is CC1CCc2c(sc3ncnc(Nc4cc(C=N)c(N)cc4OC(C)C)c23)C1.O=CO. The molecule has 2 aromatic heterocycles. The number of hydrogen-bond acceptors (Lipinski definition) is 8. The predicted octanol–water partition coefficient (Wildman–Crippen LogP) is 4.63. The van der Waals surface area contributed by atoms with Crippen molar-refractivity contribution in [3.8, 4) is 5.75 Å². The fourth-order valence-electron chi connectivity index (χ4n) is 3.68. The number of anilines is 3. The molecule has 3 aromatic rings. The molecule has 1 atom stereocenters. The van der Waals surface area contributed by atoms with Crippen LogP contribution in [0.25, 0.3) is 10.2 Å². The van der Waals surface area contributed by atoms with E-state index in [1.807, 2.05) is 19.9 Å². The number of hydrogen-bond donors (Lipinski definition) is 4. The van der Waals surface area contributed by atoms with Gasteiger partial charge < -0.3 is 26.3 Å². The van der Waals surface area contributed by atoms with Crippen LogP contribution in [0.4, 0.5) is 17.2 Å². The molecule has 1 unspecified atom stereocenters. The van der Waals surface area contributed by atoms with Crippen molar-refractivity contribution in [2.75, 3.05) is 11.1 Å². The van der Waals surface area contributed by atoms with E-state index in [9.17, 15) is 0 Å². The average molecular weight is 442 g/mol. The summed E-state index contributed by atoms with van der Waals surface area (Å²) in [5.41, 5.74) is 9.35. The van der Waals surface area contributed by atoms with Gasteiger partial charge in [0.1, 0.15) is 22.7 Å². The molecular weight excluding hydrogens is 414 g/mol. The molecule has 0 spiro atoms. The lowest BCUT2D eigenvalue weighted by molar-refractivity contribution is -0.122. The molecule has 4 rings (SSSR count). The molecule has 0 aliphatic heterocycles. The second-order valence-corrected chi connectivity index (χ2v) is 8.86. The summed E-state index contributed by atoms with van der Waals surface area (Å²) in [6.07, 6.45) is 6.22. The maximum absolute atomic E-state index is 8.36. The number of fused-ring (bicyclic) bond motifs is 3. The molecule has 8 nitrogen and oxygen atoms in total. The fraction of sp³-hybridized carbons (Fsp3) is 0.364. The summed E-state index contributed by atoms with van der Waals surface area (Å²) in [5.74, 6) is 2.15. The van der Waals surface area contributed by atoms with Crippen molar-refractivity contribution in [3.05, 3.63) is 34.5 Å². The van der Waals surface area contributed by atoms with Gasteiger partial charge in [0.05, 0.1) is 17.2 Å². The van der Waals surface area contributed by atoms with Crippen LogP contribution in [0.15, 0.2) is 18.5 Å². The molecule has 0 amide bonds. The summed E-state index contributed by atoms with van der Waals surface area (Å²) in [6.45, 7) is 6.01. The second-order valence-electron chi connectivity index (χ2n) is 7.77. The summed E-state index contributed by atoms with van der Waals surface area (Å²) >= 11 is 1.77. The van der Waals surface area contributed by atoms with Crippen LogP contribution in [0.1, 0.15) is 43.2 Å². The number of ether oxygens (including phenoxy) is 1. The number of carboxylic acid groups (broad SMARTS) is 1. The van der Waals surface area contributed by atoms with Crippen molar-refractivity contribution < 1.29 is 14.6 Å². The third-order valence-corrected chi connectivity index (χ3v) is 6.21. The Balaban J connectivity index is 0.000000858. The molecule has 0 fully saturated rings. The number of nitrogens with two attached hydrogens (primary N) is 1. The molecular formula is C22H27N5O3S. The topological polar surface area (TPSA) is 134 Å². The number of nitrogens with one attached hydrogen (secondary N) is 2. The lowest BCUT2D eigenvalue weighted by Gasteiger charge is -2.19.